The van der Waals surface area contributed by atoms with Gasteiger partial charge >= 0.3 is 6.09 Å². The van der Waals surface area contributed by atoms with Crippen molar-refractivity contribution in [3.05, 3.63) is 21.6 Å². The van der Waals surface area contributed by atoms with Crippen molar-refractivity contribution >= 4 is 43.6 Å². The van der Waals surface area contributed by atoms with Crippen molar-refractivity contribution < 1.29 is 9.53 Å². The molecule has 2 aromatic rings. The van der Waals surface area contributed by atoms with E-state index in [4.69, 9.17) is 4.74 Å². The second kappa shape index (κ2) is 6.06. The molecule has 0 aliphatic heterocycles. The van der Waals surface area contributed by atoms with Gasteiger partial charge in [0.25, 0.3) is 0 Å². The summed E-state index contributed by atoms with van der Waals surface area (Å²) in [5.74, 6) is 1.17. The van der Waals surface area contributed by atoms with Crippen molar-refractivity contribution in [1.29, 1.82) is 0 Å². The molecule has 1 amide bonds. The Labute approximate surface area is 149 Å². The van der Waals surface area contributed by atoms with Gasteiger partial charge in [-0.3, -0.25) is 0 Å². The highest BCUT2D eigenvalue weighted by molar-refractivity contribution is 9.11. The maximum Gasteiger partial charge on any atom is 0.415 e. The number of hydrogen-bond acceptors (Lipinski definition) is 4. The van der Waals surface area contributed by atoms with Crippen LogP contribution < -0.4 is 4.74 Å². The number of ether oxygens (including phenoxy) is 1. The predicted octanol–water partition coefficient (Wildman–Crippen LogP) is 5.56. The van der Waals surface area contributed by atoms with Crippen LogP contribution in [0.15, 0.2) is 16.0 Å². The Balaban J connectivity index is 1.92. The second-order valence-electron chi connectivity index (χ2n) is 6.88. The lowest BCUT2D eigenvalue weighted by atomic mass is 10.1. The number of halogens is 1. The zero-order chi connectivity index (χ0) is 16.8. The normalized spacial score (nSPS) is 15.0. The Bertz CT molecular complexity index is 747. The molecule has 0 spiro atoms. The van der Waals surface area contributed by atoms with Crippen molar-refractivity contribution in [2.24, 2.45) is 0 Å². The fraction of sp³-hybridized carbons (Fsp3) is 0.529. The van der Waals surface area contributed by atoms with Crippen molar-refractivity contribution in [2.75, 3.05) is 6.54 Å². The van der Waals surface area contributed by atoms with Crippen molar-refractivity contribution in [2.45, 2.75) is 52.0 Å². The Morgan fingerprint density at radius 1 is 1.43 bits per heavy atom. The maximum absolute atomic E-state index is 12.5. The summed E-state index contributed by atoms with van der Waals surface area (Å²) in [7, 11) is 0. The van der Waals surface area contributed by atoms with Gasteiger partial charge in [0, 0.05) is 18.2 Å². The first-order chi connectivity index (χ1) is 10.8. The molecule has 23 heavy (non-hydrogen) atoms. The molecule has 124 valence electrons. The van der Waals surface area contributed by atoms with Crippen LogP contribution in [0.3, 0.4) is 0 Å². The van der Waals surface area contributed by atoms with Crippen molar-refractivity contribution in [3.63, 3.8) is 0 Å². The maximum atomic E-state index is 12.5. The number of amides is 1. The zero-order valence-electron chi connectivity index (χ0n) is 13.9. The third-order valence-electron chi connectivity index (χ3n) is 4.04. The molecule has 6 heteroatoms. The molecule has 0 N–H and O–H groups in total. The molecule has 0 bridgehead atoms. The quantitative estimate of drug-likeness (QED) is 0.682. The average molecular weight is 397 g/mol. The monoisotopic (exact) mass is 396 g/mol. The van der Waals surface area contributed by atoms with Crippen molar-refractivity contribution in [3.8, 4) is 5.75 Å². The average Bonchev–Trinajstić information content (AvgIpc) is 3.19. The van der Waals surface area contributed by atoms with E-state index in [-0.39, 0.29) is 11.6 Å². The van der Waals surface area contributed by atoms with Gasteiger partial charge in [0.05, 0.1) is 10.2 Å². The Kier molecular flexibility index (Phi) is 4.40. The first kappa shape index (κ1) is 16.7. The van der Waals surface area contributed by atoms with E-state index >= 15 is 0 Å². The van der Waals surface area contributed by atoms with E-state index < -0.39 is 0 Å². The number of hydrogen-bond donors (Lipinski definition) is 0. The smallest absolute Gasteiger partial charge is 0.410 e. The van der Waals surface area contributed by atoms with Gasteiger partial charge in [-0.15, -0.1) is 11.3 Å². The summed E-state index contributed by atoms with van der Waals surface area (Å²) >= 11 is 5.03. The molecule has 1 aromatic carbocycles. The SMILES string of the molecule is CCN(C(=O)Oc1cc(C2CC2)c2nc(Br)sc2c1)C(C)(C)C. The molecule has 1 aliphatic carbocycles. The van der Waals surface area contributed by atoms with Crippen LogP contribution in [0.2, 0.25) is 0 Å². The number of nitrogens with zero attached hydrogens (tertiary/aromatic N) is 2. The molecule has 3 rings (SSSR count). The summed E-state index contributed by atoms with van der Waals surface area (Å²) in [6.07, 6.45) is 2.07. The van der Waals surface area contributed by atoms with Gasteiger partial charge in [0.15, 0.2) is 3.92 Å². The summed E-state index contributed by atoms with van der Waals surface area (Å²) in [5.41, 5.74) is 1.97. The van der Waals surface area contributed by atoms with Gasteiger partial charge in [-0.05, 0) is 74.0 Å². The number of aromatic nitrogens is 1. The molecule has 1 saturated carbocycles. The molecule has 1 heterocycles. The largest absolute Gasteiger partial charge is 0.415 e. The van der Waals surface area contributed by atoms with Gasteiger partial charge in [0.2, 0.25) is 0 Å². The van der Waals surface area contributed by atoms with Crippen LogP contribution in [0.5, 0.6) is 5.75 Å². The van der Waals surface area contributed by atoms with E-state index in [1.807, 2.05) is 39.8 Å². The fourth-order valence-electron chi connectivity index (χ4n) is 2.80. The van der Waals surface area contributed by atoms with Gasteiger partial charge in [-0.2, -0.15) is 0 Å². The number of benzene rings is 1. The minimum atomic E-state index is -0.301. The van der Waals surface area contributed by atoms with Crippen LogP contribution in [0.1, 0.15) is 52.0 Å². The van der Waals surface area contributed by atoms with Crippen LogP contribution in [0.4, 0.5) is 4.79 Å². The highest BCUT2D eigenvalue weighted by Gasteiger charge is 2.29. The Morgan fingerprint density at radius 2 is 2.13 bits per heavy atom. The molecule has 1 fully saturated rings. The highest BCUT2D eigenvalue weighted by atomic mass is 79.9. The molecular weight excluding hydrogens is 376 g/mol. The number of thiazole rings is 1. The van der Waals surface area contributed by atoms with Gasteiger partial charge < -0.3 is 9.64 Å². The zero-order valence-corrected chi connectivity index (χ0v) is 16.3. The molecule has 0 atom stereocenters. The van der Waals surface area contributed by atoms with Crippen molar-refractivity contribution in [1.82, 2.24) is 9.88 Å². The van der Waals surface area contributed by atoms with E-state index in [2.05, 4.69) is 20.9 Å². The molecule has 0 saturated heterocycles. The minimum absolute atomic E-state index is 0.261. The number of fused-ring (bicyclic) bond motifs is 1. The second-order valence-corrected chi connectivity index (χ2v) is 9.19. The lowest BCUT2D eigenvalue weighted by molar-refractivity contribution is 0.111. The summed E-state index contributed by atoms with van der Waals surface area (Å²) in [4.78, 5) is 18.8. The van der Waals surface area contributed by atoms with E-state index in [0.29, 0.717) is 18.2 Å². The lowest BCUT2D eigenvalue weighted by Crippen LogP contribution is -2.46. The Hall–Kier alpha value is -1.14. The fourth-order valence-corrected chi connectivity index (χ4v) is 4.25. The predicted molar refractivity (Wildman–Crippen MR) is 97.5 cm³/mol. The third-order valence-corrected chi connectivity index (χ3v) is 5.49. The van der Waals surface area contributed by atoms with Gasteiger partial charge in [-0.25, -0.2) is 9.78 Å². The minimum Gasteiger partial charge on any atom is -0.410 e. The van der Waals surface area contributed by atoms with E-state index in [1.165, 1.54) is 18.4 Å². The molecule has 1 aromatic heterocycles. The van der Waals surface area contributed by atoms with E-state index in [9.17, 15) is 4.79 Å². The Morgan fingerprint density at radius 3 is 2.70 bits per heavy atom. The van der Waals surface area contributed by atoms with Crippen LogP contribution in [-0.4, -0.2) is 28.1 Å². The standard InChI is InChI=1S/C17H21BrN2O2S/c1-5-20(17(2,3)4)16(21)22-11-8-12(10-6-7-10)14-13(9-11)23-15(18)19-14/h8-10H,5-7H2,1-4H3. The van der Waals surface area contributed by atoms with Gasteiger partial charge in [0.1, 0.15) is 5.75 Å². The van der Waals surface area contributed by atoms with Crippen LogP contribution in [0.25, 0.3) is 10.2 Å². The first-order valence-electron chi connectivity index (χ1n) is 7.89. The molecule has 0 radical (unpaired) electrons. The topological polar surface area (TPSA) is 42.4 Å². The number of carbonyl (C=O) groups excluding carboxylic acids is 1. The summed E-state index contributed by atoms with van der Waals surface area (Å²) in [6, 6.07) is 3.90. The molecule has 0 unspecified atom stereocenters. The summed E-state index contributed by atoms with van der Waals surface area (Å²) in [5, 5.41) is 0. The summed E-state index contributed by atoms with van der Waals surface area (Å²) < 4.78 is 7.60. The van der Waals surface area contributed by atoms with Crippen LogP contribution >= 0.6 is 27.3 Å². The molecule has 1 aliphatic rings. The number of carbonyl (C=O) groups is 1. The number of rotatable bonds is 3. The molecule has 4 nitrogen and oxygen atoms in total. The first-order valence-corrected chi connectivity index (χ1v) is 9.50. The molecular formula is C17H21BrN2O2S. The lowest BCUT2D eigenvalue weighted by Gasteiger charge is -2.33. The van der Waals surface area contributed by atoms with E-state index in [0.717, 1.165) is 14.1 Å². The van der Waals surface area contributed by atoms with Crippen LogP contribution in [0, 0.1) is 0 Å². The van der Waals surface area contributed by atoms with Gasteiger partial charge in [-0.1, -0.05) is 0 Å². The van der Waals surface area contributed by atoms with Crippen LogP contribution in [-0.2, 0) is 0 Å². The summed E-state index contributed by atoms with van der Waals surface area (Å²) in [6.45, 7) is 8.61. The van der Waals surface area contributed by atoms with E-state index in [1.54, 1.807) is 16.2 Å². The third kappa shape index (κ3) is 3.53. The highest BCUT2D eigenvalue weighted by Crippen LogP contribution is 2.45.